The lowest BCUT2D eigenvalue weighted by Crippen LogP contribution is -2.01. The summed E-state index contributed by atoms with van der Waals surface area (Å²) in [6.07, 6.45) is 1.38. The monoisotopic (exact) mass is 295 g/mol. The van der Waals surface area contributed by atoms with Crippen LogP contribution in [0.3, 0.4) is 0 Å². The van der Waals surface area contributed by atoms with E-state index in [9.17, 15) is 9.59 Å². The number of para-hydroxylation sites is 1. The van der Waals surface area contributed by atoms with Crippen LogP contribution in [0.1, 0.15) is 21.5 Å². The Morgan fingerprint density at radius 3 is 2.50 bits per heavy atom. The summed E-state index contributed by atoms with van der Waals surface area (Å²) >= 11 is 0. The first-order valence-corrected chi connectivity index (χ1v) is 6.16. The Labute approximate surface area is 127 Å². The number of carbonyl (C=O) groups excluding carboxylic acids is 1. The lowest BCUT2D eigenvalue weighted by atomic mass is 10.1. The quantitative estimate of drug-likeness (QED) is 0.502. The summed E-state index contributed by atoms with van der Waals surface area (Å²) in [5.74, 6) is -0.984. The van der Waals surface area contributed by atoms with Gasteiger partial charge in [-0.1, -0.05) is 18.2 Å². The van der Waals surface area contributed by atoms with E-state index in [0.717, 1.165) is 5.56 Å². The van der Waals surface area contributed by atoms with Crippen molar-refractivity contribution < 1.29 is 14.7 Å². The van der Waals surface area contributed by atoms with Crippen molar-refractivity contribution in [2.75, 3.05) is 5.73 Å². The number of carboxylic acid groups (broad SMARTS) is 1. The van der Waals surface area contributed by atoms with Crippen LogP contribution >= 0.6 is 0 Å². The number of isocyanates is 1. The molecule has 0 bridgehead atoms. The molecule has 0 saturated heterocycles. The molecule has 0 heterocycles. The van der Waals surface area contributed by atoms with Crippen molar-refractivity contribution in [3.8, 4) is 6.07 Å². The molecule has 2 rings (SSSR count). The summed E-state index contributed by atoms with van der Waals surface area (Å²) in [5.41, 5.74) is 7.64. The number of hydrogen-bond acceptors (Lipinski definition) is 5. The lowest BCUT2D eigenvalue weighted by Gasteiger charge is -2.00. The minimum absolute atomic E-state index is 0.163. The first-order valence-electron chi connectivity index (χ1n) is 6.16. The molecule has 0 unspecified atom stereocenters. The van der Waals surface area contributed by atoms with Gasteiger partial charge in [0.25, 0.3) is 0 Å². The van der Waals surface area contributed by atoms with Crippen molar-refractivity contribution in [2.45, 2.75) is 6.92 Å². The second kappa shape index (κ2) is 8.00. The fourth-order valence-electron chi connectivity index (χ4n) is 1.59. The number of aromatic carboxylic acids is 1. The van der Waals surface area contributed by atoms with E-state index in [0.29, 0.717) is 16.9 Å². The Kier molecular flexibility index (Phi) is 6.05. The molecule has 2 aromatic rings. The molecule has 3 N–H and O–H groups in total. The van der Waals surface area contributed by atoms with Crippen molar-refractivity contribution >= 4 is 23.4 Å². The van der Waals surface area contributed by atoms with Crippen molar-refractivity contribution in [3.63, 3.8) is 0 Å². The standard InChI is InChI=1S/C8H4N2O.C8H9NO2/c9-5-7-3-1-2-4-8(7)10-6-11;1-5-2-3-6(8(10)11)7(9)4-5/h1-4H;2-4H,9H2,1H3,(H,10,11). The number of aliphatic imine (C=N–C) groups is 1. The largest absolute Gasteiger partial charge is 0.478 e. The maximum absolute atomic E-state index is 10.5. The second-order valence-corrected chi connectivity index (χ2v) is 4.23. The molecule has 110 valence electrons. The van der Waals surface area contributed by atoms with Crippen LogP contribution in [-0.2, 0) is 4.79 Å². The van der Waals surface area contributed by atoms with Crippen LogP contribution in [0.2, 0.25) is 0 Å². The van der Waals surface area contributed by atoms with Gasteiger partial charge in [0.2, 0.25) is 6.08 Å². The molecule has 0 aromatic heterocycles. The molecule has 0 fully saturated rings. The molecule has 0 saturated carbocycles. The number of carbonyl (C=O) groups is 1. The number of nitrogen functional groups attached to an aromatic ring is 1. The van der Waals surface area contributed by atoms with E-state index in [1.807, 2.05) is 13.0 Å². The molecule has 2 aromatic carbocycles. The average Bonchev–Trinajstić information content (AvgIpc) is 2.48. The predicted octanol–water partition coefficient (Wildman–Crippen LogP) is 2.80. The fourth-order valence-corrected chi connectivity index (χ4v) is 1.59. The molecule has 6 nitrogen and oxygen atoms in total. The SMILES string of the molecule is Cc1ccc(C(=O)O)c(N)c1.N#Cc1ccccc1N=C=O. The van der Waals surface area contributed by atoms with Gasteiger partial charge in [-0.15, -0.1) is 0 Å². The number of carboxylic acids is 1. The number of anilines is 1. The Balaban J connectivity index is 0.000000220. The minimum Gasteiger partial charge on any atom is -0.478 e. The van der Waals surface area contributed by atoms with E-state index < -0.39 is 5.97 Å². The molecule has 0 aliphatic heterocycles. The Hall–Kier alpha value is -3.42. The number of hydrogen-bond donors (Lipinski definition) is 2. The number of nitriles is 1. The average molecular weight is 295 g/mol. The van der Waals surface area contributed by atoms with Gasteiger partial charge in [0.15, 0.2) is 0 Å². The summed E-state index contributed by atoms with van der Waals surface area (Å²) in [5, 5.41) is 17.1. The zero-order chi connectivity index (χ0) is 16.5. The van der Waals surface area contributed by atoms with Crippen molar-refractivity contribution in [2.24, 2.45) is 4.99 Å². The summed E-state index contributed by atoms with van der Waals surface area (Å²) in [6, 6.07) is 13.4. The first-order chi connectivity index (χ1) is 10.5. The van der Waals surface area contributed by atoms with Gasteiger partial charge in [-0.2, -0.15) is 10.3 Å². The third kappa shape index (κ3) is 4.60. The van der Waals surface area contributed by atoms with Crippen LogP contribution in [0.25, 0.3) is 0 Å². The van der Waals surface area contributed by atoms with Gasteiger partial charge in [0.05, 0.1) is 16.8 Å². The van der Waals surface area contributed by atoms with E-state index in [4.69, 9.17) is 16.1 Å². The highest BCUT2D eigenvalue weighted by molar-refractivity contribution is 5.93. The highest BCUT2D eigenvalue weighted by atomic mass is 16.4. The lowest BCUT2D eigenvalue weighted by molar-refractivity contribution is 0.0698. The van der Waals surface area contributed by atoms with Crippen molar-refractivity contribution in [1.82, 2.24) is 0 Å². The zero-order valence-corrected chi connectivity index (χ0v) is 11.8. The molecular weight excluding hydrogens is 282 g/mol. The third-order valence-electron chi connectivity index (χ3n) is 2.63. The van der Waals surface area contributed by atoms with Gasteiger partial charge >= 0.3 is 5.97 Å². The number of benzene rings is 2. The Morgan fingerprint density at radius 1 is 1.27 bits per heavy atom. The summed E-state index contributed by atoms with van der Waals surface area (Å²) < 4.78 is 0. The van der Waals surface area contributed by atoms with Crippen LogP contribution in [0.15, 0.2) is 47.5 Å². The van der Waals surface area contributed by atoms with Gasteiger partial charge in [0, 0.05) is 5.69 Å². The highest BCUT2D eigenvalue weighted by Gasteiger charge is 2.05. The molecule has 6 heteroatoms. The van der Waals surface area contributed by atoms with E-state index >= 15 is 0 Å². The number of aryl methyl sites for hydroxylation is 1. The Bertz CT molecular complexity index is 772. The minimum atomic E-state index is -0.984. The maximum Gasteiger partial charge on any atom is 0.337 e. The van der Waals surface area contributed by atoms with Crippen LogP contribution in [0.4, 0.5) is 11.4 Å². The van der Waals surface area contributed by atoms with E-state index in [2.05, 4.69) is 4.99 Å². The predicted molar refractivity (Wildman–Crippen MR) is 81.5 cm³/mol. The number of rotatable bonds is 2. The summed E-state index contributed by atoms with van der Waals surface area (Å²) in [4.78, 5) is 23.6. The Morgan fingerprint density at radius 2 is 1.95 bits per heavy atom. The molecule has 0 amide bonds. The number of nitrogens with two attached hydrogens (primary N) is 1. The summed E-state index contributed by atoms with van der Waals surface area (Å²) in [7, 11) is 0. The van der Waals surface area contributed by atoms with Crippen LogP contribution in [0.5, 0.6) is 0 Å². The molecule has 0 radical (unpaired) electrons. The van der Waals surface area contributed by atoms with Crippen molar-refractivity contribution in [1.29, 1.82) is 5.26 Å². The van der Waals surface area contributed by atoms with Gasteiger partial charge < -0.3 is 10.8 Å². The second-order valence-electron chi connectivity index (χ2n) is 4.23. The maximum atomic E-state index is 10.5. The molecular formula is C16H13N3O3. The van der Waals surface area contributed by atoms with Crippen LogP contribution in [-0.4, -0.2) is 17.2 Å². The van der Waals surface area contributed by atoms with E-state index in [-0.39, 0.29) is 5.56 Å². The van der Waals surface area contributed by atoms with Crippen LogP contribution < -0.4 is 5.73 Å². The van der Waals surface area contributed by atoms with E-state index in [1.54, 1.807) is 36.4 Å². The fraction of sp³-hybridized carbons (Fsp3) is 0.0625. The van der Waals surface area contributed by atoms with Gasteiger partial charge in [-0.05, 0) is 36.8 Å². The molecule has 0 aliphatic carbocycles. The molecule has 0 atom stereocenters. The van der Waals surface area contributed by atoms with Gasteiger partial charge in [-0.25, -0.2) is 9.59 Å². The smallest absolute Gasteiger partial charge is 0.337 e. The van der Waals surface area contributed by atoms with Gasteiger partial charge in [0.1, 0.15) is 6.07 Å². The normalized spacial score (nSPS) is 8.73. The van der Waals surface area contributed by atoms with Gasteiger partial charge in [-0.3, -0.25) is 0 Å². The molecule has 0 aliphatic rings. The first kappa shape index (κ1) is 16.6. The third-order valence-corrected chi connectivity index (χ3v) is 2.63. The zero-order valence-electron chi connectivity index (χ0n) is 11.8. The number of nitrogens with zero attached hydrogens (tertiary/aromatic N) is 2. The summed E-state index contributed by atoms with van der Waals surface area (Å²) in [6.45, 7) is 1.86. The van der Waals surface area contributed by atoms with E-state index in [1.165, 1.54) is 12.1 Å². The molecule has 22 heavy (non-hydrogen) atoms. The molecule has 0 spiro atoms. The van der Waals surface area contributed by atoms with Crippen LogP contribution in [0, 0.1) is 18.3 Å². The highest BCUT2D eigenvalue weighted by Crippen LogP contribution is 2.15. The van der Waals surface area contributed by atoms with Crippen molar-refractivity contribution in [3.05, 3.63) is 59.2 Å². The topological polar surface area (TPSA) is 117 Å².